The van der Waals surface area contributed by atoms with E-state index in [1.165, 1.54) is 0 Å². The molecule has 1 aliphatic rings. The molecule has 1 saturated heterocycles. The fourth-order valence-electron chi connectivity index (χ4n) is 1.54. The van der Waals surface area contributed by atoms with Gasteiger partial charge in [-0.1, -0.05) is 6.92 Å². The summed E-state index contributed by atoms with van der Waals surface area (Å²) < 4.78 is 0. The molecule has 0 amide bonds. The third kappa shape index (κ3) is 1.71. The van der Waals surface area contributed by atoms with E-state index in [-0.39, 0.29) is 12.1 Å². The number of aliphatic hydroxyl groups excluding tert-OH is 1. The lowest BCUT2D eigenvalue weighted by Crippen LogP contribution is -2.15. The van der Waals surface area contributed by atoms with Crippen LogP contribution in [0.2, 0.25) is 0 Å². The summed E-state index contributed by atoms with van der Waals surface area (Å²) in [5, 5.41) is 19.4. The van der Waals surface area contributed by atoms with E-state index in [2.05, 4.69) is 20.5 Å². The van der Waals surface area contributed by atoms with E-state index in [0.717, 1.165) is 18.1 Å². The third-order valence-electron chi connectivity index (χ3n) is 2.30. The molecule has 2 heterocycles. The number of rotatable bonds is 2. The molecule has 2 rings (SSSR count). The van der Waals surface area contributed by atoms with Crippen LogP contribution in [0.5, 0.6) is 0 Å². The van der Waals surface area contributed by atoms with Crippen molar-refractivity contribution in [1.82, 2.24) is 20.5 Å². The molecule has 0 radical (unpaired) electrons. The van der Waals surface area contributed by atoms with E-state index >= 15 is 0 Å². The Hall–Kier alpha value is -0.940. The summed E-state index contributed by atoms with van der Waals surface area (Å²) >= 11 is 0. The van der Waals surface area contributed by atoms with Crippen LogP contribution in [0.1, 0.15) is 31.0 Å². The highest BCUT2D eigenvalue weighted by atomic mass is 16.3. The van der Waals surface area contributed by atoms with Crippen LogP contribution in [0.25, 0.3) is 0 Å². The van der Waals surface area contributed by atoms with Gasteiger partial charge in [0.15, 0.2) is 5.82 Å². The van der Waals surface area contributed by atoms with E-state index in [9.17, 15) is 5.11 Å². The van der Waals surface area contributed by atoms with Gasteiger partial charge in [0.1, 0.15) is 5.82 Å². The number of nitrogens with one attached hydrogen (secondary N) is 2. The van der Waals surface area contributed by atoms with Crippen LogP contribution in [0, 0.1) is 0 Å². The Balaban J connectivity index is 2.08. The first-order valence-electron chi connectivity index (χ1n) is 4.62. The van der Waals surface area contributed by atoms with E-state index in [0.29, 0.717) is 13.0 Å². The number of hydrogen-bond acceptors (Lipinski definition) is 4. The van der Waals surface area contributed by atoms with Gasteiger partial charge in [-0.2, -0.15) is 5.10 Å². The summed E-state index contributed by atoms with van der Waals surface area (Å²) in [5.41, 5.74) is 0. The normalized spacial score (nSPS) is 28.2. The summed E-state index contributed by atoms with van der Waals surface area (Å²) in [4.78, 5) is 4.30. The van der Waals surface area contributed by atoms with Gasteiger partial charge in [-0.05, 0) is 6.42 Å². The van der Waals surface area contributed by atoms with Crippen LogP contribution in [0.15, 0.2) is 0 Å². The minimum Gasteiger partial charge on any atom is -0.392 e. The SMILES string of the molecule is CCc1nc([C@H]2C[C@@H](O)CN2)n[nH]1. The predicted molar refractivity (Wildman–Crippen MR) is 47.1 cm³/mol. The smallest absolute Gasteiger partial charge is 0.167 e. The fraction of sp³-hybridized carbons (Fsp3) is 0.750. The van der Waals surface area contributed by atoms with Gasteiger partial charge in [-0.3, -0.25) is 5.10 Å². The molecule has 5 nitrogen and oxygen atoms in total. The fourth-order valence-corrected chi connectivity index (χ4v) is 1.54. The molecule has 0 unspecified atom stereocenters. The minimum atomic E-state index is -0.256. The Morgan fingerprint density at radius 3 is 3.00 bits per heavy atom. The van der Waals surface area contributed by atoms with Gasteiger partial charge < -0.3 is 10.4 Å². The summed E-state index contributed by atoms with van der Waals surface area (Å²) in [7, 11) is 0. The van der Waals surface area contributed by atoms with Crippen LogP contribution < -0.4 is 5.32 Å². The second-order valence-corrected chi connectivity index (χ2v) is 3.34. The zero-order valence-corrected chi connectivity index (χ0v) is 7.62. The summed E-state index contributed by atoms with van der Waals surface area (Å²) in [6.07, 6.45) is 1.32. The van der Waals surface area contributed by atoms with Crippen LogP contribution in [-0.2, 0) is 6.42 Å². The number of aromatic nitrogens is 3. The monoisotopic (exact) mass is 182 g/mol. The average Bonchev–Trinajstić information content (AvgIpc) is 2.71. The number of β-amino-alcohol motifs (C(OH)–C–C–N with tert-alkyl or cyclic N) is 1. The maximum Gasteiger partial charge on any atom is 0.167 e. The maximum atomic E-state index is 9.30. The van der Waals surface area contributed by atoms with Gasteiger partial charge in [-0.15, -0.1) is 0 Å². The van der Waals surface area contributed by atoms with E-state index in [4.69, 9.17) is 0 Å². The number of aryl methyl sites for hydroxylation is 1. The van der Waals surface area contributed by atoms with Crippen molar-refractivity contribution in [3.8, 4) is 0 Å². The zero-order valence-electron chi connectivity index (χ0n) is 7.62. The lowest BCUT2D eigenvalue weighted by Gasteiger charge is -2.02. The summed E-state index contributed by atoms with van der Waals surface area (Å²) in [6, 6.07) is 0.117. The minimum absolute atomic E-state index is 0.117. The molecular formula is C8H14N4O. The zero-order chi connectivity index (χ0) is 9.26. The van der Waals surface area contributed by atoms with Crippen LogP contribution in [-0.4, -0.2) is 32.9 Å². The summed E-state index contributed by atoms with van der Waals surface area (Å²) in [5.74, 6) is 1.67. The predicted octanol–water partition coefficient (Wildman–Crippen LogP) is -0.238. The van der Waals surface area contributed by atoms with Crippen molar-refractivity contribution in [2.75, 3.05) is 6.54 Å². The number of nitrogens with zero attached hydrogens (tertiary/aromatic N) is 2. The average molecular weight is 182 g/mol. The van der Waals surface area contributed by atoms with Gasteiger partial charge >= 0.3 is 0 Å². The molecule has 72 valence electrons. The Labute approximate surface area is 76.6 Å². The molecular weight excluding hydrogens is 168 g/mol. The highest BCUT2D eigenvalue weighted by Crippen LogP contribution is 2.19. The van der Waals surface area contributed by atoms with Crippen molar-refractivity contribution in [3.05, 3.63) is 11.6 Å². The van der Waals surface area contributed by atoms with Crippen molar-refractivity contribution in [1.29, 1.82) is 0 Å². The second-order valence-electron chi connectivity index (χ2n) is 3.34. The molecule has 0 saturated carbocycles. The Morgan fingerprint density at radius 1 is 1.62 bits per heavy atom. The molecule has 3 N–H and O–H groups in total. The van der Waals surface area contributed by atoms with E-state index in [1.807, 2.05) is 6.92 Å². The number of H-pyrrole nitrogens is 1. The van der Waals surface area contributed by atoms with E-state index < -0.39 is 0 Å². The van der Waals surface area contributed by atoms with Crippen LogP contribution in [0.3, 0.4) is 0 Å². The largest absolute Gasteiger partial charge is 0.392 e. The lowest BCUT2D eigenvalue weighted by molar-refractivity contribution is 0.193. The molecule has 1 aromatic rings. The molecule has 1 aliphatic heterocycles. The van der Waals surface area contributed by atoms with Crippen molar-refractivity contribution in [2.24, 2.45) is 0 Å². The molecule has 0 bridgehead atoms. The van der Waals surface area contributed by atoms with E-state index in [1.54, 1.807) is 0 Å². The molecule has 1 aromatic heterocycles. The number of aliphatic hydroxyl groups is 1. The number of aromatic amines is 1. The standard InChI is InChI=1S/C8H14N4O/c1-2-7-10-8(12-11-7)6-3-5(13)4-9-6/h5-6,9,13H,2-4H2,1H3,(H,10,11,12)/t5-,6-/m1/s1. The first-order valence-corrected chi connectivity index (χ1v) is 4.62. The van der Waals surface area contributed by atoms with Crippen molar-refractivity contribution in [2.45, 2.75) is 31.9 Å². The molecule has 0 aliphatic carbocycles. The third-order valence-corrected chi connectivity index (χ3v) is 2.30. The van der Waals surface area contributed by atoms with Gasteiger partial charge in [-0.25, -0.2) is 4.98 Å². The lowest BCUT2D eigenvalue weighted by atomic mass is 10.2. The van der Waals surface area contributed by atoms with Gasteiger partial charge in [0.25, 0.3) is 0 Å². The Kier molecular flexibility index (Phi) is 2.28. The topological polar surface area (TPSA) is 73.8 Å². The maximum absolute atomic E-state index is 9.30. The molecule has 2 atom stereocenters. The van der Waals surface area contributed by atoms with Crippen molar-refractivity contribution in [3.63, 3.8) is 0 Å². The first kappa shape index (κ1) is 8.65. The molecule has 1 fully saturated rings. The van der Waals surface area contributed by atoms with Crippen molar-refractivity contribution >= 4 is 0 Å². The Morgan fingerprint density at radius 2 is 2.46 bits per heavy atom. The quantitative estimate of drug-likeness (QED) is 0.590. The second kappa shape index (κ2) is 3.43. The highest BCUT2D eigenvalue weighted by Gasteiger charge is 2.26. The molecule has 13 heavy (non-hydrogen) atoms. The molecule has 0 aromatic carbocycles. The number of hydrogen-bond donors (Lipinski definition) is 3. The van der Waals surface area contributed by atoms with Gasteiger partial charge in [0.05, 0.1) is 12.1 Å². The van der Waals surface area contributed by atoms with Crippen molar-refractivity contribution < 1.29 is 5.11 Å². The van der Waals surface area contributed by atoms with Crippen LogP contribution >= 0.6 is 0 Å². The van der Waals surface area contributed by atoms with Crippen LogP contribution in [0.4, 0.5) is 0 Å². The first-order chi connectivity index (χ1) is 6.29. The van der Waals surface area contributed by atoms with Gasteiger partial charge in [0, 0.05) is 13.0 Å². The van der Waals surface area contributed by atoms with Gasteiger partial charge in [0.2, 0.25) is 0 Å². The molecule has 5 heteroatoms. The Bertz CT molecular complexity index is 285. The summed E-state index contributed by atoms with van der Waals surface area (Å²) in [6.45, 7) is 2.67. The highest BCUT2D eigenvalue weighted by molar-refractivity contribution is 5.00. The molecule has 0 spiro atoms.